The Morgan fingerprint density at radius 1 is 0.926 bits per heavy atom. The predicted octanol–water partition coefficient (Wildman–Crippen LogP) is 2.19. The molecule has 2 aliphatic rings. The highest BCUT2D eigenvalue weighted by molar-refractivity contribution is 5.95. The van der Waals surface area contributed by atoms with E-state index < -0.39 is 0 Å². The maximum atomic E-state index is 12.9. The lowest BCUT2D eigenvalue weighted by molar-refractivity contribution is -0.141. The van der Waals surface area contributed by atoms with E-state index in [-0.39, 0.29) is 17.7 Å². The Morgan fingerprint density at radius 3 is 2.33 bits per heavy atom. The van der Waals surface area contributed by atoms with E-state index in [2.05, 4.69) is 0 Å². The second kappa shape index (κ2) is 7.96. The van der Waals surface area contributed by atoms with Gasteiger partial charge in [-0.15, -0.1) is 0 Å². The number of nitrogens with zero attached hydrogens (tertiary/aromatic N) is 3. The van der Waals surface area contributed by atoms with Crippen LogP contribution in [0.15, 0.2) is 48.8 Å². The molecule has 1 aromatic carbocycles. The van der Waals surface area contributed by atoms with E-state index in [9.17, 15) is 9.59 Å². The molecule has 0 spiro atoms. The molecule has 0 N–H and O–H groups in total. The van der Waals surface area contributed by atoms with E-state index in [0.717, 1.165) is 18.5 Å². The maximum absolute atomic E-state index is 12.9. The zero-order valence-electron chi connectivity index (χ0n) is 15.4. The van der Waals surface area contributed by atoms with Gasteiger partial charge in [0.05, 0.1) is 19.1 Å². The SMILES string of the molecule is O=C(c1ccc(-n2cccc2)cc1)N1CCCC(C(=O)N2CCOCC2)C1. The highest BCUT2D eigenvalue weighted by Crippen LogP contribution is 2.22. The van der Waals surface area contributed by atoms with Crippen LogP contribution in [0, 0.1) is 5.92 Å². The first-order valence-corrected chi connectivity index (χ1v) is 9.61. The Hall–Kier alpha value is -2.60. The number of rotatable bonds is 3. The Balaban J connectivity index is 1.41. The summed E-state index contributed by atoms with van der Waals surface area (Å²) < 4.78 is 7.34. The summed E-state index contributed by atoms with van der Waals surface area (Å²) in [5.41, 5.74) is 1.70. The average Bonchev–Trinajstić information content (AvgIpc) is 3.28. The van der Waals surface area contributed by atoms with Gasteiger partial charge < -0.3 is 19.1 Å². The molecule has 142 valence electrons. The first-order valence-electron chi connectivity index (χ1n) is 9.61. The van der Waals surface area contributed by atoms with Gasteiger partial charge in [0.1, 0.15) is 0 Å². The van der Waals surface area contributed by atoms with Gasteiger partial charge in [-0.3, -0.25) is 9.59 Å². The molecule has 4 rings (SSSR count). The van der Waals surface area contributed by atoms with Gasteiger partial charge in [0.25, 0.3) is 5.91 Å². The van der Waals surface area contributed by atoms with Crippen LogP contribution < -0.4 is 0 Å². The number of carbonyl (C=O) groups excluding carboxylic acids is 2. The van der Waals surface area contributed by atoms with Gasteiger partial charge in [0.15, 0.2) is 0 Å². The number of ether oxygens (including phenoxy) is 1. The van der Waals surface area contributed by atoms with E-state index in [1.54, 1.807) is 0 Å². The molecule has 6 nitrogen and oxygen atoms in total. The number of amides is 2. The fourth-order valence-electron chi connectivity index (χ4n) is 3.87. The summed E-state index contributed by atoms with van der Waals surface area (Å²) in [5, 5.41) is 0. The Morgan fingerprint density at radius 2 is 1.63 bits per heavy atom. The third kappa shape index (κ3) is 3.90. The largest absolute Gasteiger partial charge is 0.378 e. The van der Waals surface area contributed by atoms with Gasteiger partial charge in [-0.25, -0.2) is 0 Å². The van der Waals surface area contributed by atoms with Crippen molar-refractivity contribution in [1.82, 2.24) is 14.4 Å². The van der Waals surface area contributed by atoms with E-state index >= 15 is 0 Å². The van der Waals surface area contributed by atoms with Gasteiger partial charge >= 0.3 is 0 Å². The van der Waals surface area contributed by atoms with Crippen LogP contribution in [-0.4, -0.2) is 65.6 Å². The highest BCUT2D eigenvalue weighted by Gasteiger charge is 2.32. The fourth-order valence-corrected chi connectivity index (χ4v) is 3.87. The zero-order chi connectivity index (χ0) is 18.6. The first kappa shape index (κ1) is 17.8. The summed E-state index contributed by atoms with van der Waals surface area (Å²) in [6.45, 7) is 3.75. The van der Waals surface area contributed by atoms with E-state index in [1.807, 2.05) is 63.2 Å². The van der Waals surface area contributed by atoms with Crippen molar-refractivity contribution in [2.24, 2.45) is 5.92 Å². The second-order valence-corrected chi connectivity index (χ2v) is 7.17. The standard InChI is InChI=1S/C21H25N3O3/c25-20(17-5-7-19(8-6-17)22-9-1-2-10-22)24-11-3-4-18(16-24)21(26)23-12-14-27-15-13-23/h1-2,5-10,18H,3-4,11-16H2. The van der Waals surface area contributed by atoms with Crippen LogP contribution in [-0.2, 0) is 9.53 Å². The van der Waals surface area contributed by atoms with Crippen molar-refractivity contribution >= 4 is 11.8 Å². The Kier molecular flexibility index (Phi) is 5.25. The quantitative estimate of drug-likeness (QED) is 0.836. The number of hydrogen-bond acceptors (Lipinski definition) is 3. The molecule has 0 radical (unpaired) electrons. The number of benzene rings is 1. The number of aromatic nitrogens is 1. The van der Waals surface area contributed by atoms with E-state index in [0.29, 0.717) is 45.0 Å². The van der Waals surface area contributed by atoms with E-state index in [4.69, 9.17) is 4.74 Å². The zero-order valence-corrected chi connectivity index (χ0v) is 15.4. The average molecular weight is 367 g/mol. The number of likely N-dealkylation sites (tertiary alicyclic amines) is 1. The molecule has 2 aliphatic heterocycles. The topological polar surface area (TPSA) is 54.8 Å². The molecular formula is C21H25N3O3. The summed E-state index contributed by atoms with van der Waals surface area (Å²) in [6.07, 6.45) is 5.67. The Bertz CT molecular complexity index is 780. The lowest BCUT2D eigenvalue weighted by atomic mass is 9.95. The number of hydrogen-bond donors (Lipinski definition) is 0. The molecule has 1 unspecified atom stereocenters. The van der Waals surface area contributed by atoms with Gasteiger partial charge in [0.2, 0.25) is 5.91 Å². The first-order chi connectivity index (χ1) is 13.2. The molecule has 2 saturated heterocycles. The third-order valence-corrected chi connectivity index (χ3v) is 5.40. The minimum atomic E-state index is -0.0973. The van der Waals surface area contributed by atoms with Crippen LogP contribution in [0.4, 0.5) is 0 Å². The van der Waals surface area contributed by atoms with Crippen molar-refractivity contribution in [3.8, 4) is 5.69 Å². The molecule has 6 heteroatoms. The normalized spacial score (nSPS) is 20.5. The molecule has 1 atom stereocenters. The summed E-state index contributed by atoms with van der Waals surface area (Å²) in [7, 11) is 0. The minimum absolute atomic E-state index is 0.00790. The van der Waals surface area contributed by atoms with E-state index in [1.165, 1.54) is 0 Å². The molecule has 2 amide bonds. The lowest BCUT2D eigenvalue weighted by Crippen LogP contribution is -2.49. The number of piperidine rings is 1. The maximum Gasteiger partial charge on any atom is 0.253 e. The van der Waals surface area contributed by atoms with Crippen LogP contribution in [0.5, 0.6) is 0 Å². The summed E-state index contributed by atoms with van der Waals surface area (Å²) in [6, 6.07) is 11.6. The predicted molar refractivity (Wildman–Crippen MR) is 102 cm³/mol. The van der Waals surface area contributed by atoms with Gasteiger partial charge in [0, 0.05) is 49.8 Å². The van der Waals surface area contributed by atoms with Crippen LogP contribution in [0.25, 0.3) is 5.69 Å². The third-order valence-electron chi connectivity index (χ3n) is 5.40. The second-order valence-electron chi connectivity index (χ2n) is 7.17. The van der Waals surface area contributed by atoms with Crippen LogP contribution in [0.2, 0.25) is 0 Å². The molecule has 0 bridgehead atoms. The highest BCUT2D eigenvalue weighted by atomic mass is 16.5. The molecule has 2 fully saturated rings. The number of carbonyl (C=O) groups is 2. The number of morpholine rings is 1. The molecular weight excluding hydrogens is 342 g/mol. The Labute approximate surface area is 159 Å². The van der Waals surface area contributed by atoms with Crippen LogP contribution in [0.1, 0.15) is 23.2 Å². The van der Waals surface area contributed by atoms with Gasteiger partial charge in [-0.1, -0.05) is 0 Å². The van der Waals surface area contributed by atoms with Crippen molar-refractivity contribution in [2.75, 3.05) is 39.4 Å². The summed E-state index contributed by atoms with van der Waals surface area (Å²) >= 11 is 0. The summed E-state index contributed by atoms with van der Waals surface area (Å²) in [5.74, 6) is 0.0761. The molecule has 0 saturated carbocycles. The summed E-state index contributed by atoms with van der Waals surface area (Å²) in [4.78, 5) is 29.4. The van der Waals surface area contributed by atoms with Crippen molar-refractivity contribution in [2.45, 2.75) is 12.8 Å². The van der Waals surface area contributed by atoms with Crippen molar-refractivity contribution in [3.63, 3.8) is 0 Å². The van der Waals surface area contributed by atoms with Gasteiger partial charge in [-0.2, -0.15) is 0 Å². The van der Waals surface area contributed by atoms with Crippen molar-refractivity contribution in [1.29, 1.82) is 0 Å². The molecule has 1 aromatic heterocycles. The van der Waals surface area contributed by atoms with Crippen LogP contribution >= 0.6 is 0 Å². The molecule has 3 heterocycles. The minimum Gasteiger partial charge on any atom is -0.378 e. The molecule has 0 aliphatic carbocycles. The molecule has 2 aromatic rings. The fraction of sp³-hybridized carbons (Fsp3) is 0.429. The van der Waals surface area contributed by atoms with Crippen molar-refractivity contribution in [3.05, 3.63) is 54.4 Å². The van der Waals surface area contributed by atoms with Gasteiger partial charge in [-0.05, 0) is 49.2 Å². The van der Waals surface area contributed by atoms with Crippen LogP contribution in [0.3, 0.4) is 0 Å². The molecule has 27 heavy (non-hydrogen) atoms. The monoisotopic (exact) mass is 367 g/mol. The lowest BCUT2D eigenvalue weighted by Gasteiger charge is -2.36. The van der Waals surface area contributed by atoms with Crippen molar-refractivity contribution < 1.29 is 14.3 Å². The smallest absolute Gasteiger partial charge is 0.253 e.